The van der Waals surface area contributed by atoms with Crippen LogP contribution in [-0.4, -0.2) is 44.0 Å². The van der Waals surface area contributed by atoms with Gasteiger partial charge in [-0.3, -0.25) is 4.79 Å². The van der Waals surface area contributed by atoms with E-state index in [2.05, 4.69) is 54.6 Å². The predicted molar refractivity (Wildman–Crippen MR) is 121 cm³/mol. The molecule has 1 aliphatic rings. The molecule has 0 aliphatic carbocycles. The minimum absolute atomic E-state index is 0.113. The molecule has 0 saturated carbocycles. The largest absolute Gasteiger partial charge is 0.447 e. The van der Waals surface area contributed by atoms with Crippen LogP contribution in [0.5, 0.6) is 0 Å². The first-order chi connectivity index (χ1) is 13.1. The predicted octanol–water partition coefficient (Wildman–Crippen LogP) is 6.09. The van der Waals surface area contributed by atoms with E-state index in [1.54, 1.807) is 0 Å². The SMILES string of the molecule is CC[C@H](C)[C@@H](O[Si](C)(C)C(C)(C)C)[C@@H](C)C[C@@H](C)C(=O)N1C(=O)OC[C@@H]1C(C)C. The number of hydrogen-bond acceptors (Lipinski definition) is 4. The van der Waals surface area contributed by atoms with Crippen LogP contribution in [0.4, 0.5) is 4.79 Å². The van der Waals surface area contributed by atoms with Gasteiger partial charge in [-0.15, -0.1) is 0 Å². The van der Waals surface area contributed by atoms with E-state index in [0.717, 1.165) is 6.42 Å². The molecule has 0 aromatic carbocycles. The van der Waals surface area contributed by atoms with Crippen LogP contribution in [0.15, 0.2) is 0 Å². The fourth-order valence-electron chi connectivity index (χ4n) is 3.75. The molecule has 170 valence electrons. The first-order valence-electron chi connectivity index (χ1n) is 11.3. The van der Waals surface area contributed by atoms with Crippen LogP contribution in [-0.2, 0) is 14.0 Å². The number of ether oxygens (including phenoxy) is 1. The highest BCUT2D eigenvalue weighted by atomic mass is 28.4. The molecule has 5 atom stereocenters. The molecule has 1 heterocycles. The summed E-state index contributed by atoms with van der Waals surface area (Å²) in [5.41, 5.74) is 0. The van der Waals surface area contributed by atoms with Gasteiger partial charge in [0, 0.05) is 5.92 Å². The smallest absolute Gasteiger partial charge is 0.416 e. The lowest BCUT2D eigenvalue weighted by Gasteiger charge is -2.43. The lowest BCUT2D eigenvalue weighted by atomic mass is 9.85. The van der Waals surface area contributed by atoms with Crippen LogP contribution >= 0.6 is 0 Å². The maximum absolute atomic E-state index is 13.1. The van der Waals surface area contributed by atoms with Crippen molar-refractivity contribution in [1.82, 2.24) is 4.90 Å². The molecule has 5 nitrogen and oxygen atoms in total. The Labute approximate surface area is 180 Å². The van der Waals surface area contributed by atoms with Crippen molar-refractivity contribution in [3.05, 3.63) is 0 Å². The second-order valence-corrected chi connectivity index (χ2v) is 15.7. The molecular formula is C23H45NO4Si. The standard InChI is InChI=1S/C23H45NO4Si/c1-12-16(4)20(28-29(10,11)23(7,8)9)17(5)13-18(6)21(25)24-19(15(2)3)14-27-22(24)26/h15-20H,12-14H2,1-11H3/t16-,17-,18+,19+,20+/m0/s1. The van der Waals surface area contributed by atoms with Gasteiger partial charge in [0.05, 0.1) is 12.1 Å². The molecule has 29 heavy (non-hydrogen) atoms. The van der Waals surface area contributed by atoms with Crippen molar-refractivity contribution in [2.75, 3.05) is 6.61 Å². The van der Waals surface area contributed by atoms with Gasteiger partial charge in [-0.05, 0) is 42.3 Å². The van der Waals surface area contributed by atoms with Gasteiger partial charge in [-0.25, -0.2) is 9.69 Å². The first kappa shape index (κ1) is 26.2. The molecular weight excluding hydrogens is 382 g/mol. The fraction of sp³-hybridized carbons (Fsp3) is 0.913. The van der Waals surface area contributed by atoms with E-state index < -0.39 is 14.4 Å². The summed E-state index contributed by atoms with van der Waals surface area (Å²) in [5.74, 6) is 0.472. The van der Waals surface area contributed by atoms with Crippen LogP contribution in [0.25, 0.3) is 0 Å². The maximum Gasteiger partial charge on any atom is 0.416 e. The van der Waals surface area contributed by atoms with E-state index in [1.807, 2.05) is 20.8 Å². The highest BCUT2D eigenvalue weighted by Gasteiger charge is 2.43. The average Bonchev–Trinajstić information content (AvgIpc) is 2.98. The third-order valence-corrected chi connectivity index (χ3v) is 11.5. The topological polar surface area (TPSA) is 55.8 Å². The summed E-state index contributed by atoms with van der Waals surface area (Å²) < 4.78 is 12.0. The Morgan fingerprint density at radius 1 is 1.17 bits per heavy atom. The Morgan fingerprint density at radius 3 is 2.17 bits per heavy atom. The number of cyclic esters (lactones) is 1. The van der Waals surface area contributed by atoms with Crippen molar-refractivity contribution in [3.63, 3.8) is 0 Å². The van der Waals surface area contributed by atoms with Gasteiger partial charge in [-0.1, -0.05) is 68.7 Å². The van der Waals surface area contributed by atoms with Crippen LogP contribution in [0.2, 0.25) is 18.1 Å². The average molecular weight is 428 g/mol. The van der Waals surface area contributed by atoms with Crippen LogP contribution in [0.1, 0.15) is 75.2 Å². The summed E-state index contributed by atoms with van der Waals surface area (Å²) >= 11 is 0. The molecule has 0 bridgehead atoms. The zero-order valence-electron chi connectivity index (χ0n) is 20.7. The molecule has 1 saturated heterocycles. The minimum atomic E-state index is -1.92. The van der Waals surface area contributed by atoms with Gasteiger partial charge in [0.2, 0.25) is 5.91 Å². The highest BCUT2D eigenvalue weighted by molar-refractivity contribution is 6.74. The summed E-state index contributed by atoms with van der Waals surface area (Å²) in [4.78, 5) is 26.6. The number of carbonyl (C=O) groups is 2. The molecule has 0 spiro atoms. The normalized spacial score (nSPS) is 22.4. The van der Waals surface area contributed by atoms with Crippen molar-refractivity contribution in [2.24, 2.45) is 23.7 Å². The summed E-state index contributed by atoms with van der Waals surface area (Å²) in [6, 6.07) is -0.165. The monoisotopic (exact) mass is 427 g/mol. The van der Waals surface area contributed by atoms with E-state index in [9.17, 15) is 9.59 Å². The summed E-state index contributed by atoms with van der Waals surface area (Å²) in [6.45, 7) is 24.3. The Morgan fingerprint density at radius 2 is 1.72 bits per heavy atom. The van der Waals surface area contributed by atoms with Gasteiger partial charge < -0.3 is 9.16 Å². The maximum atomic E-state index is 13.1. The van der Waals surface area contributed by atoms with E-state index in [-0.39, 0.29) is 40.8 Å². The van der Waals surface area contributed by atoms with Gasteiger partial charge in [0.1, 0.15) is 6.61 Å². The minimum Gasteiger partial charge on any atom is -0.447 e. The second-order valence-electron chi connectivity index (χ2n) is 10.9. The molecule has 6 heteroatoms. The molecule has 0 N–H and O–H groups in total. The number of amides is 2. The molecule has 1 rings (SSSR count). The van der Waals surface area contributed by atoms with Crippen molar-refractivity contribution >= 4 is 20.3 Å². The Bertz CT molecular complexity index is 570. The molecule has 0 aromatic rings. The van der Waals surface area contributed by atoms with Crippen molar-refractivity contribution in [3.8, 4) is 0 Å². The van der Waals surface area contributed by atoms with E-state index in [4.69, 9.17) is 9.16 Å². The number of imide groups is 1. The second kappa shape index (κ2) is 9.95. The van der Waals surface area contributed by atoms with E-state index in [1.165, 1.54) is 4.90 Å². The number of nitrogens with zero attached hydrogens (tertiary/aromatic N) is 1. The first-order valence-corrected chi connectivity index (χ1v) is 14.2. The number of carbonyl (C=O) groups excluding carboxylic acids is 2. The lowest BCUT2D eigenvalue weighted by molar-refractivity contribution is -0.134. The fourth-order valence-corrected chi connectivity index (χ4v) is 5.25. The van der Waals surface area contributed by atoms with Gasteiger partial charge in [0.25, 0.3) is 0 Å². The Balaban J connectivity index is 2.94. The van der Waals surface area contributed by atoms with Gasteiger partial charge in [0.15, 0.2) is 8.32 Å². The van der Waals surface area contributed by atoms with Crippen LogP contribution in [0, 0.1) is 23.7 Å². The molecule has 1 aliphatic heterocycles. The van der Waals surface area contributed by atoms with Gasteiger partial charge >= 0.3 is 6.09 Å². The zero-order valence-corrected chi connectivity index (χ0v) is 21.7. The van der Waals surface area contributed by atoms with Crippen molar-refractivity contribution < 1.29 is 18.8 Å². The molecule has 2 amide bonds. The molecule has 0 unspecified atom stereocenters. The molecule has 0 aromatic heterocycles. The third kappa shape index (κ3) is 6.30. The van der Waals surface area contributed by atoms with Crippen molar-refractivity contribution in [1.29, 1.82) is 0 Å². The summed E-state index contributed by atoms with van der Waals surface area (Å²) in [7, 11) is -1.92. The summed E-state index contributed by atoms with van der Waals surface area (Å²) in [6.07, 6.45) is 1.36. The molecule has 1 fully saturated rings. The number of rotatable bonds is 9. The molecule has 0 radical (unpaired) electrons. The van der Waals surface area contributed by atoms with E-state index in [0.29, 0.717) is 18.9 Å². The van der Waals surface area contributed by atoms with E-state index >= 15 is 0 Å². The third-order valence-electron chi connectivity index (χ3n) is 7.06. The highest BCUT2D eigenvalue weighted by Crippen LogP contribution is 2.40. The number of hydrogen-bond donors (Lipinski definition) is 0. The van der Waals surface area contributed by atoms with Crippen LogP contribution < -0.4 is 0 Å². The van der Waals surface area contributed by atoms with Crippen LogP contribution in [0.3, 0.4) is 0 Å². The Hall–Kier alpha value is -0.883. The van der Waals surface area contributed by atoms with Gasteiger partial charge in [-0.2, -0.15) is 0 Å². The lowest BCUT2D eigenvalue weighted by Crippen LogP contribution is -2.48. The van der Waals surface area contributed by atoms with Crippen molar-refractivity contribution in [2.45, 2.75) is 105 Å². The quantitative estimate of drug-likeness (QED) is 0.418. The zero-order chi connectivity index (χ0) is 22.7. The Kier molecular flexibility index (Phi) is 8.97. The summed E-state index contributed by atoms with van der Waals surface area (Å²) in [5, 5.41) is 0.143.